The number of nitrogens with one attached hydrogen (secondary N) is 1. The molecule has 1 amide bonds. The van der Waals surface area contributed by atoms with Crippen molar-refractivity contribution in [2.45, 2.75) is 46.6 Å². The average molecular weight is 412 g/mol. The van der Waals surface area contributed by atoms with E-state index < -0.39 is 5.82 Å². The first-order valence-corrected chi connectivity index (χ1v) is 10.0. The van der Waals surface area contributed by atoms with E-state index in [-0.39, 0.29) is 11.7 Å². The number of nitrogens with zero attached hydrogens (tertiary/aromatic N) is 3. The normalized spacial score (nSPS) is 15.7. The van der Waals surface area contributed by atoms with Gasteiger partial charge in [-0.2, -0.15) is 5.10 Å². The standard InChI is InChI=1S/C22H25FN4O3/c1-12-5-7-18-16(9-12)21(26-30-18)22(28)24-20-13(2)25-27(14(20)3)11-15-6-8-19(29-4)17(23)10-15/h6,8,10,12H,5,7,9,11H2,1-4H3,(H,24,28). The Morgan fingerprint density at radius 1 is 1.40 bits per heavy atom. The zero-order valence-corrected chi connectivity index (χ0v) is 17.6. The number of methoxy groups -OCH3 is 1. The summed E-state index contributed by atoms with van der Waals surface area (Å²) < 4.78 is 26.1. The van der Waals surface area contributed by atoms with Gasteiger partial charge in [0.05, 0.1) is 30.7 Å². The zero-order valence-electron chi connectivity index (χ0n) is 17.6. The third-order valence-corrected chi connectivity index (χ3v) is 5.67. The Morgan fingerprint density at radius 2 is 2.20 bits per heavy atom. The van der Waals surface area contributed by atoms with E-state index in [9.17, 15) is 9.18 Å². The lowest BCUT2D eigenvalue weighted by Gasteiger charge is -2.16. The van der Waals surface area contributed by atoms with Gasteiger partial charge in [-0.1, -0.05) is 18.1 Å². The fourth-order valence-electron chi connectivity index (χ4n) is 3.94. The van der Waals surface area contributed by atoms with Crippen LogP contribution in [-0.2, 0) is 19.4 Å². The molecular formula is C22H25FN4O3. The highest BCUT2D eigenvalue weighted by Gasteiger charge is 2.28. The van der Waals surface area contributed by atoms with Crippen molar-refractivity contribution in [1.82, 2.24) is 14.9 Å². The molecule has 3 aromatic rings. The number of halogens is 1. The highest BCUT2D eigenvalue weighted by atomic mass is 19.1. The number of aromatic nitrogens is 3. The first-order valence-electron chi connectivity index (χ1n) is 10.0. The maximum Gasteiger partial charge on any atom is 0.278 e. The largest absolute Gasteiger partial charge is 0.494 e. The second-order valence-electron chi connectivity index (χ2n) is 7.91. The van der Waals surface area contributed by atoms with Gasteiger partial charge < -0.3 is 14.6 Å². The maximum absolute atomic E-state index is 14.0. The second kappa shape index (κ2) is 7.93. The molecule has 1 atom stereocenters. The van der Waals surface area contributed by atoms with Crippen LogP contribution in [0.3, 0.4) is 0 Å². The summed E-state index contributed by atoms with van der Waals surface area (Å²) in [6.07, 6.45) is 2.65. The van der Waals surface area contributed by atoms with Crippen LogP contribution in [-0.4, -0.2) is 28.0 Å². The number of fused-ring (bicyclic) bond motifs is 1. The fourth-order valence-corrected chi connectivity index (χ4v) is 3.94. The minimum atomic E-state index is -0.421. The van der Waals surface area contributed by atoms with Crippen LogP contribution >= 0.6 is 0 Å². The molecule has 1 aromatic carbocycles. The topological polar surface area (TPSA) is 82.2 Å². The van der Waals surface area contributed by atoms with E-state index in [0.29, 0.717) is 29.5 Å². The van der Waals surface area contributed by atoms with Gasteiger partial charge >= 0.3 is 0 Å². The smallest absolute Gasteiger partial charge is 0.278 e. The quantitative estimate of drug-likeness (QED) is 0.683. The first kappa shape index (κ1) is 20.1. The molecule has 0 spiro atoms. The molecule has 2 aromatic heterocycles. The third-order valence-electron chi connectivity index (χ3n) is 5.67. The number of anilines is 1. The number of amides is 1. The third kappa shape index (κ3) is 3.69. The van der Waals surface area contributed by atoms with Crippen molar-refractivity contribution in [3.63, 3.8) is 0 Å². The van der Waals surface area contributed by atoms with Gasteiger partial charge in [0, 0.05) is 12.0 Å². The minimum absolute atomic E-state index is 0.199. The lowest BCUT2D eigenvalue weighted by atomic mass is 9.88. The van der Waals surface area contributed by atoms with Gasteiger partial charge in [0.15, 0.2) is 17.3 Å². The fraction of sp³-hybridized carbons (Fsp3) is 0.409. The summed E-state index contributed by atoms with van der Waals surface area (Å²) in [7, 11) is 1.43. The van der Waals surface area contributed by atoms with Gasteiger partial charge in [0.2, 0.25) is 0 Å². The van der Waals surface area contributed by atoms with E-state index in [1.807, 2.05) is 13.8 Å². The van der Waals surface area contributed by atoms with E-state index in [1.54, 1.807) is 16.8 Å². The van der Waals surface area contributed by atoms with Crippen LogP contribution in [0.2, 0.25) is 0 Å². The summed E-state index contributed by atoms with van der Waals surface area (Å²) in [5, 5.41) is 11.5. The van der Waals surface area contributed by atoms with E-state index in [1.165, 1.54) is 13.2 Å². The van der Waals surface area contributed by atoms with Gasteiger partial charge in [-0.3, -0.25) is 9.48 Å². The monoisotopic (exact) mass is 412 g/mol. The van der Waals surface area contributed by atoms with Gasteiger partial charge in [-0.05, 0) is 50.3 Å². The number of aryl methyl sites for hydroxylation is 2. The Morgan fingerprint density at radius 3 is 2.93 bits per heavy atom. The Bertz CT molecular complexity index is 1100. The van der Waals surface area contributed by atoms with Crippen LogP contribution in [0.5, 0.6) is 5.75 Å². The molecule has 1 aliphatic rings. The molecule has 30 heavy (non-hydrogen) atoms. The van der Waals surface area contributed by atoms with E-state index in [0.717, 1.165) is 41.8 Å². The summed E-state index contributed by atoms with van der Waals surface area (Å²) in [6, 6.07) is 4.81. The number of hydrogen-bond donors (Lipinski definition) is 1. The van der Waals surface area contributed by atoms with Crippen LogP contribution in [0.15, 0.2) is 22.7 Å². The van der Waals surface area contributed by atoms with Crippen molar-refractivity contribution < 1.29 is 18.4 Å². The number of rotatable bonds is 5. The first-order chi connectivity index (χ1) is 14.4. The Balaban J connectivity index is 1.55. The minimum Gasteiger partial charge on any atom is -0.494 e. The molecule has 2 heterocycles. The molecule has 0 radical (unpaired) electrons. The lowest BCUT2D eigenvalue weighted by Crippen LogP contribution is -2.18. The molecule has 1 N–H and O–H groups in total. The van der Waals surface area contributed by atoms with Crippen molar-refractivity contribution in [1.29, 1.82) is 0 Å². The molecule has 4 rings (SSSR count). The molecule has 0 aliphatic heterocycles. The molecule has 8 heteroatoms. The SMILES string of the molecule is COc1ccc(Cn2nc(C)c(NC(=O)c3noc4c3CC(C)CC4)c2C)cc1F. The molecule has 7 nitrogen and oxygen atoms in total. The lowest BCUT2D eigenvalue weighted by molar-refractivity contribution is 0.101. The number of ether oxygens (including phenoxy) is 1. The van der Waals surface area contributed by atoms with Crippen LogP contribution in [0.1, 0.15) is 52.1 Å². The van der Waals surface area contributed by atoms with Gasteiger partial charge in [-0.25, -0.2) is 4.39 Å². The molecule has 1 unspecified atom stereocenters. The molecule has 0 fully saturated rings. The molecule has 0 saturated heterocycles. The zero-order chi connectivity index (χ0) is 21.4. The number of benzene rings is 1. The summed E-state index contributed by atoms with van der Waals surface area (Å²) >= 11 is 0. The van der Waals surface area contributed by atoms with Crippen molar-refractivity contribution in [3.05, 3.63) is 58.0 Å². The van der Waals surface area contributed by atoms with E-state index in [2.05, 4.69) is 22.5 Å². The predicted molar refractivity (Wildman–Crippen MR) is 109 cm³/mol. The van der Waals surface area contributed by atoms with Gasteiger partial charge in [0.1, 0.15) is 5.76 Å². The molecular weight excluding hydrogens is 387 g/mol. The molecule has 1 aliphatic carbocycles. The number of carbonyl (C=O) groups excluding carboxylic acids is 1. The predicted octanol–water partition coefficient (Wildman–Crippen LogP) is 4.06. The second-order valence-corrected chi connectivity index (χ2v) is 7.91. The van der Waals surface area contributed by atoms with Gasteiger partial charge in [-0.15, -0.1) is 0 Å². The van der Waals surface area contributed by atoms with Crippen LogP contribution in [0.4, 0.5) is 10.1 Å². The molecule has 0 bridgehead atoms. The number of hydrogen-bond acceptors (Lipinski definition) is 5. The van der Waals surface area contributed by atoms with E-state index in [4.69, 9.17) is 9.26 Å². The summed E-state index contributed by atoms with van der Waals surface area (Å²) in [6.45, 7) is 6.24. The van der Waals surface area contributed by atoms with Gasteiger partial charge in [0.25, 0.3) is 5.91 Å². The van der Waals surface area contributed by atoms with E-state index >= 15 is 0 Å². The van der Waals surface area contributed by atoms with Crippen molar-refractivity contribution in [3.8, 4) is 5.75 Å². The average Bonchev–Trinajstić information content (AvgIpc) is 3.24. The maximum atomic E-state index is 14.0. The Kier molecular flexibility index (Phi) is 5.32. The summed E-state index contributed by atoms with van der Waals surface area (Å²) in [5.41, 5.74) is 4.09. The summed E-state index contributed by atoms with van der Waals surface area (Å²) in [4.78, 5) is 12.9. The van der Waals surface area contributed by atoms with Crippen molar-refractivity contribution >= 4 is 11.6 Å². The highest BCUT2D eigenvalue weighted by Crippen LogP contribution is 2.29. The van der Waals surface area contributed by atoms with Crippen molar-refractivity contribution in [2.75, 3.05) is 12.4 Å². The van der Waals surface area contributed by atoms with Crippen LogP contribution in [0, 0.1) is 25.6 Å². The van der Waals surface area contributed by atoms with Crippen LogP contribution < -0.4 is 10.1 Å². The molecule has 158 valence electrons. The summed E-state index contributed by atoms with van der Waals surface area (Å²) in [5.74, 6) is 0.791. The van der Waals surface area contributed by atoms with Crippen LogP contribution in [0.25, 0.3) is 0 Å². The number of carbonyl (C=O) groups is 1. The Hall–Kier alpha value is -3.16. The molecule has 0 saturated carbocycles. The highest BCUT2D eigenvalue weighted by molar-refractivity contribution is 6.04. The van der Waals surface area contributed by atoms with Crippen molar-refractivity contribution in [2.24, 2.45) is 5.92 Å². The Labute approximate surface area is 174 Å².